The molecule has 0 aliphatic rings. The Hall–Kier alpha value is -2.59. The number of ether oxygens (including phenoxy) is 1. The van der Waals surface area contributed by atoms with Crippen LogP contribution in [0.15, 0.2) is 0 Å². The zero-order chi connectivity index (χ0) is 17.6. The van der Waals surface area contributed by atoms with E-state index in [-0.39, 0.29) is 0 Å². The Balaban J connectivity index is 2.71. The Labute approximate surface area is 120 Å². The molecule has 0 atom stereocenters. The minimum Gasteiger partial charge on any atom is -0.503 e. The minimum absolute atomic E-state index is 2.11. The van der Waals surface area contributed by atoms with E-state index >= 15 is 0 Å². The van der Waals surface area contributed by atoms with Crippen molar-refractivity contribution in [3.05, 3.63) is 52.4 Å². The Morgan fingerprint density at radius 1 is 0.435 bits per heavy atom. The summed E-state index contributed by atoms with van der Waals surface area (Å²) in [4.78, 5) is 0. The zero-order valence-electron chi connectivity index (χ0n) is 10.3. The maximum atomic E-state index is 13.4. The molecule has 2 rings (SSSR count). The maximum Gasteiger partial charge on any atom is 0.208 e. The van der Waals surface area contributed by atoms with Gasteiger partial charge < -0.3 is 9.84 Å². The number of aromatic hydroxyl groups is 1. The van der Waals surface area contributed by atoms with E-state index in [1.807, 2.05) is 0 Å². The molecule has 11 heteroatoms. The van der Waals surface area contributed by atoms with Crippen LogP contribution in [0.2, 0.25) is 0 Å². The van der Waals surface area contributed by atoms with Crippen molar-refractivity contribution in [2.24, 2.45) is 0 Å². The maximum absolute atomic E-state index is 13.4. The minimum atomic E-state index is -2.60. The fourth-order valence-electron chi connectivity index (χ4n) is 1.47. The fourth-order valence-corrected chi connectivity index (χ4v) is 1.47. The van der Waals surface area contributed by atoms with Gasteiger partial charge in [0.2, 0.25) is 63.9 Å². The summed E-state index contributed by atoms with van der Waals surface area (Å²) in [6, 6.07) is 0. The van der Waals surface area contributed by atoms with Crippen molar-refractivity contribution in [3.8, 4) is 17.2 Å². The summed E-state index contributed by atoms with van der Waals surface area (Å²) >= 11 is 0. The summed E-state index contributed by atoms with van der Waals surface area (Å²) in [7, 11) is 0. The van der Waals surface area contributed by atoms with Crippen molar-refractivity contribution < 1.29 is 49.4 Å². The molecule has 2 aromatic rings. The summed E-state index contributed by atoms with van der Waals surface area (Å²) in [6.45, 7) is 0. The molecule has 0 heterocycles. The molecule has 0 spiro atoms. The van der Waals surface area contributed by atoms with Gasteiger partial charge in [-0.25, -0.2) is 13.2 Å². The van der Waals surface area contributed by atoms with Gasteiger partial charge in [-0.05, 0) is 0 Å². The van der Waals surface area contributed by atoms with Gasteiger partial charge in [0.15, 0.2) is 5.75 Å². The number of benzene rings is 2. The monoisotopic (exact) mass is 348 g/mol. The third-order valence-electron chi connectivity index (χ3n) is 2.57. The Morgan fingerprint density at radius 2 is 0.696 bits per heavy atom. The Morgan fingerprint density at radius 3 is 1.04 bits per heavy atom. The molecule has 23 heavy (non-hydrogen) atoms. The van der Waals surface area contributed by atoms with Gasteiger partial charge in [-0.2, -0.15) is 26.3 Å². The standard InChI is InChI=1S/C12HF9O2/c13-1-2(14)6(18)11(7(19)3(1)15)23-12-8(20)4(16)10(22)5(17)9(12)21/h22H. The van der Waals surface area contributed by atoms with E-state index in [0.717, 1.165) is 0 Å². The number of phenols is 1. The molecule has 0 bridgehead atoms. The number of phenolic OH excluding ortho intramolecular Hbond substituents is 1. The lowest BCUT2D eigenvalue weighted by Gasteiger charge is -2.12. The van der Waals surface area contributed by atoms with Crippen molar-refractivity contribution in [1.82, 2.24) is 0 Å². The lowest BCUT2D eigenvalue weighted by atomic mass is 10.2. The van der Waals surface area contributed by atoms with Crippen LogP contribution >= 0.6 is 0 Å². The molecule has 1 N–H and O–H groups in total. The fraction of sp³-hybridized carbons (Fsp3) is 0. The predicted molar refractivity (Wildman–Crippen MR) is 54.2 cm³/mol. The molecule has 0 saturated heterocycles. The smallest absolute Gasteiger partial charge is 0.208 e. The van der Waals surface area contributed by atoms with Gasteiger partial charge in [0.25, 0.3) is 0 Å². The van der Waals surface area contributed by atoms with Crippen LogP contribution in [0.25, 0.3) is 0 Å². The molecule has 124 valence electrons. The average molecular weight is 348 g/mol. The van der Waals surface area contributed by atoms with Gasteiger partial charge in [0.1, 0.15) is 0 Å². The Kier molecular flexibility index (Phi) is 4.05. The molecule has 0 amide bonds. The zero-order valence-corrected chi connectivity index (χ0v) is 10.3. The summed E-state index contributed by atoms with van der Waals surface area (Å²) < 4.78 is 122. The van der Waals surface area contributed by atoms with Gasteiger partial charge in [-0.1, -0.05) is 0 Å². The van der Waals surface area contributed by atoms with Crippen LogP contribution in [0.3, 0.4) is 0 Å². The van der Waals surface area contributed by atoms with Crippen LogP contribution < -0.4 is 4.74 Å². The largest absolute Gasteiger partial charge is 0.503 e. The van der Waals surface area contributed by atoms with Crippen LogP contribution in [0.4, 0.5) is 39.5 Å². The van der Waals surface area contributed by atoms with Crippen molar-refractivity contribution in [1.29, 1.82) is 0 Å². The van der Waals surface area contributed by atoms with Gasteiger partial charge in [0.05, 0.1) is 0 Å². The molecular weight excluding hydrogens is 347 g/mol. The van der Waals surface area contributed by atoms with Crippen LogP contribution in [-0.2, 0) is 0 Å². The van der Waals surface area contributed by atoms with Gasteiger partial charge in [-0.15, -0.1) is 0 Å². The average Bonchev–Trinajstić information content (AvgIpc) is 2.54. The first-order valence-corrected chi connectivity index (χ1v) is 5.33. The number of rotatable bonds is 2. The number of hydrogen-bond acceptors (Lipinski definition) is 2. The van der Waals surface area contributed by atoms with Crippen molar-refractivity contribution in [2.75, 3.05) is 0 Å². The topological polar surface area (TPSA) is 29.5 Å². The highest BCUT2D eigenvalue weighted by molar-refractivity contribution is 5.41. The third-order valence-corrected chi connectivity index (χ3v) is 2.57. The van der Waals surface area contributed by atoms with Crippen molar-refractivity contribution in [3.63, 3.8) is 0 Å². The lowest BCUT2D eigenvalue weighted by molar-refractivity contribution is 0.296. The van der Waals surface area contributed by atoms with E-state index in [0.29, 0.717) is 0 Å². The molecule has 2 nitrogen and oxygen atoms in total. The van der Waals surface area contributed by atoms with Gasteiger partial charge in [0, 0.05) is 0 Å². The van der Waals surface area contributed by atoms with E-state index in [9.17, 15) is 39.5 Å². The summed E-state index contributed by atoms with van der Waals surface area (Å²) in [5.74, 6) is -29.0. The molecule has 0 unspecified atom stereocenters. The first-order chi connectivity index (χ1) is 10.6. The predicted octanol–water partition coefficient (Wildman–Crippen LogP) is 4.44. The lowest BCUT2D eigenvalue weighted by Crippen LogP contribution is -2.07. The molecule has 2 aromatic carbocycles. The molecule has 0 fully saturated rings. The summed E-state index contributed by atoms with van der Waals surface area (Å²) in [6.07, 6.45) is 0. The highest BCUT2D eigenvalue weighted by Gasteiger charge is 2.32. The van der Waals surface area contributed by atoms with Crippen molar-refractivity contribution in [2.45, 2.75) is 0 Å². The summed E-state index contributed by atoms with van der Waals surface area (Å²) in [5, 5.41) is 8.69. The number of halogens is 9. The molecule has 0 radical (unpaired) electrons. The SMILES string of the molecule is Oc1c(F)c(F)c(Oc2c(F)c(F)c(F)c(F)c2F)c(F)c1F. The second-order valence-electron chi connectivity index (χ2n) is 3.93. The molecule has 0 aromatic heterocycles. The van der Waals surface area contributed by atoms with E-state index in [2.05, 4.69) is 4.74 Å². The van der Waals surface area contributed by atoms with Crippen LogP contribution in [0, 0.1) is 52.4 Å². The van der Waals surface area contributed by atoms with Crippen LogP contribution in [-0.4, -0.2) is 5.11 Å². The highest BCUT2D eigenvalue weighted by atomic mass is 19.2. The normalized spacial score (nSPS) is 11.0. The molecule has 0 aliphatic carbocycles. The van der Waals surface area contributed by atoms with Crippen molar-refractivity contribution >= 4 is 0 Å². The van der Waals surface area contributed by atoms with Crippen LogP contribution in [0.5, 0.6) is 17.2 Å². The quantitative estimate of drug-likeness (QED) is 0.494. The number of hydrogen-bond donors (Lipinski definition) is 1. The molecule has 0 aliphatic heterocycles. The third kappa shape index (κ3) is 2.41. The Bertz CT molecular complexity index is 694. The van der Waals surface area contributed by atoms with E-state index in [1.54, 1.807) is 0 Å². The first-order valence-electron chi connectivity index (χ1n) is 5.33. The first kappa shape index (κ1) is 16.8. The van der Waals surface area contributed by atoms with E-state index in [4.69, 9.17) is 5.11 Å². The molecule has 0 saturated carbocycles. The second-order valence-corrected chi connectivity index (χ2v) is 3.93. The summed E-state index contributed by atoms with van der Waals surface area (Å²) in [5.41, 5.74) is 0. The van der Waals surface area contributed by atoms with E-state index in [1.165, 1.54) is 0 Å². The van der Waals surface area contributed by atoms with Gasteiger partial charge in [-0.3, -0.25) is 0 Å². The van der Waals surface area contributed by atoms with Crippen LogP contribution in [0.1, 0.15) is 0 Å². The van der Waals surface area contributed by atoms with Gasteiger partial charge >= 0.3 is 0 Å². The highest BCUT2D eigenvalue weighted by Crippen LogP contribution is 2.39. The van der Waals surface area contributed by atoms with E-state index < -0.39 is 69.6 Å². The second kappa shape index (κ2) is 5.56. The molecular formula is C12HF9O2.